The zero-order chi connectivity index (χ0) is 18.9. The molecule has 0 radical (unpaired) electrons. The van der Waals surface area contributed by atoms with Crippen LogP contribution in [0, 0.1) is 18.8 Å². The first-order valence-corrected chi connectivity index (χ1v) is 10.4. The van der Waals surface area contributed by atoms with Crippen LogP contribution in [-0.4, -0.2) is 42.8 Å². The molecule has 142 valence electrons. The molecule has 2 aliphatic rings. The topological polar surface area (TPSA) is 104 Å². The molecular weight excluding hydrogens is 356 g/mol. The number of hydrogen-bond acceptors (Lipinski definition) is 4. The van der Waals surface area contributed by atoms with E-state index in [0.29, 0.717) is 37.2 Å². The summed E-state index contributed by atoms with van der Waals surface area (Å²) in [7, 11) is -3.60. The second-order valence-corrected chi connectivity index (χ2v) is 8.97. The van der Waals surface area contributed by atoms with Crippen LogP contribution in [0.2, 0.25) is 0 Å². The van der Waals surface area contributed by atoms with Crippen molar-refractivity contribution in [3.8, 4) is 0 Å². The molecule has 0 aromatic heterocycles. The largest absolute Gasteiger partial charge is 0.481 e. The highest BCUT2D eigenvalue weighted by molar-refractivity contribution is 7.89. The predicted molar refractivity (Wildman–Crippen MR) is 96.3 cm³/mol. The highest BCUT2D eigenvalue weighted by atomic mass is 32.2. The van der Waals surface area contributed by atoms with Gasteiger partial charge in [-0.05, 0) is 50.3 Å². The second-order valence-electron chi connectivity index (χ2n) is 7.06. The molecule has 2 atom stereocenters. The fraction of sp³-hybridized carbons (Fsp3) is 0.556. The number of carboxylic acids is 1. The maximum atomic E-state index is 12.9. The van der Waals surface area contributed by atoms with E-state index in [9.17, 15) is 18.0 Å². The summed E-state index contributed by atoms with van der Waals surface area (Å²) in [6, 6.07) is 4.80. The number of nitrogens with zero attached hydrogens (tertiary/aromatic N) is 1. The number of hydrogen-bond donors (Lipinski definition) is 2. The number of benzene rings is 1. The zero-order valence-corrected chi connectivity index (χ0v) is 15.6. The van der Waals surface area contributed by atoms with Crippen molar-refractivity contribution in [2.24, 2.45) is 11.8 Å². The SMILES string of the molecule is Cc1ccc(NC(=O)C2CCC2C(=O)O)cc1S(=O)(=O)N1CCCCC1. The molecule has 0 spiro atoms. The molecule has 1 heterocycles. The molecule has 7 nitrogen and oxygen atoms in total. The summed E-state index contributed by atoms with van der Waals surface area (Å²) >= 11 is 0. The summed E-state index contributed by atoms with van der Waals surface area (Å²) < 4.78 is 27.3. The number of carbonyl (C=O) groups excluding carboxylic acids is 1. The van der Waals surface area contributed by atoms with Crippen LogP contribution in [0.4, 0.5) is 5.69 Å². The maximum Gasteiger partial charge on any atom is 0.307 e. The number of rotatable bonds is 5. The molecule has 1 amide bonds. The van der Waals surface area contributed by atoms with Crippen molar-refractivity contribution in [3.05, 3.63) is 23.8 Å². The van der Waals surface area contributed by atoms with Crippen LogP contribution in [0.25, 0.3) is 0 Å². The number of amides is 1. The normalized spacial score (nSPS) is 23.9. The molecular formula is C18H24N2O5S. The van der Waals surface area contributed by atoms with E-state index in [4.69, 9.17) is 5.11 Å². The first-order chi connectivity index (χ1) is 12.3. The van der Waals surface area contributed by atoms with Gasteiger partial charge in [0.1, 0.15) is 0 Å². The van der Waals surface area contributed by atoms with Gasteiger partial charge in [-0.25, -0.2) is 8.42 Å². The molecule has 1 aliphatic carbocycles. The molecule has 3 rings (SSSR count). The predicted octanol–water partition coefficient (Wildman–Crippen LogP) is 2.22. The van der Waals surface area contributed by atoms with Gasteiger partial charge in [-0.15, -0.1) is 0 Å². The number of anilines is 1. The number of aliphatic carboxylic acids is 1. The molecule has 2 N–H and O–H groups in total. The van der Waals surface area contributed by atoms with Crippen LogP contribution < -0.4 is 5.32 Å². The van der Waals surface area contributed by atoms with E-state index in [2.05, 4.69) is 5.32 Å². The van der Waals surface area contributed by atoms with Crippen molar-refractivity contribution in [1.82, 2.24) is 4.31 Å². The second kappa shape index (κ2) is 7.36. The van der Waals surface area contributed by atoms with Gasteiger partial charge in [0, 0.05) is 18.8 Å². The molecule has 1 saturated carbocycles. The number of piperidine rings is 1. The Morgan fingerprint density at radius 3 is 2.35 bits per heavy atom. The summed E-state index contributed by atoms with van der Waals surface area (Å²) in [5, 5.41) is 11.8. The smallest absolute Gasteiger partial charge is 0.307 e. The minimum Gasteiger partial charge on any atom is -0.481 e. The Kier molecular flexibility index (Phi) is 5.34. The van der Waals surface area contributed by atoms with Gasteiger partial charge in [0.05, 0.1) is 16.7 Å². The molecule has 1 aromatic rings. The lowest BCUT2D eigenvalue weighted by atomic mass is 9.73. The van der Waals surface area contributed by atoms with Crippen LogP contribution in [0.15, 0.2) is 23.1 Å². The molecule has 1 saturated heterocycles. The average Bonchev–Trinajstić information content (AvgIpc) is 2.55. The van der Waals surface area contributed by atoms with Crippen molar-refractivity contribution >= 4 is 27.6 Å². The Morgan fingerprint density at radius 1 is 1.12 bits per heavy atom. The van der Waals surface area contributed by atoms with Crippen molar-refractivity contribution in [2.45, 2.75) is 43.9 Å². The maximum absolute atomic E-state index is 12.9. The van der Waals surface area contributed by atoms with E-state index in [0.717, 1.165) is 19.3 Å². The number of carboxylic acid groups (broad SMARTS) is 1. The minimum atomic E-state index is -3.60. The van der Waals surface area contributed by atoms with Crippen molar-refractivity contribution in [2.75, 3.05) is 18.4 Å². The summed E-state index contributed by atoms with van der Waals surface area (Å²) in [4.78, 5) is 23.6. The van der Waals surface area contributed by atoms with Crippen LogP contribution in [0.3, 0.4) is 0 Å². The van der Waals surface area contributed by atoms with Gasteiger partial charge in [0.25, 0.3) is 0 Å². The van der Waals surface area contributed by atoms with Gasteiger partial charge >= 0.3 is 5.97 Å². The quantitative estimate of drug-likeness (QED) is 0.815. The number of aryl methyl sites for hydroxylation is 1. The van der Waals surface area contributed by atoms with Gasteiger partial charge in [-0.2, -0.15) is 4.31 Å². The van der Waals surface area contributed by atoms with Gasteiger partial charge in [0.2, 0.25) is 15.9 Å². The van der Waals surface area contributed by atoms with Crippen molar-refractivity contribution in [3.63, 3.8) is 0 Å². The van der Waals surface area contributed by atoms with E-state index in [-0.39, 0.29) is 10.8 Å². The molecule has 1 aliphatic heterocycles. The van der Waals surface area contributed by atoms with Gasteiger partial charge in [0.15, 0.2) is 0 Å². The first kappa shape index (κ1) is 18.8. The summed E-state index contributed by atoms with van der Waals surface area (Å²) in [5.74, 6) is -2.55. The fourth-order valence-electron chi connectivity index (χ4n) is 3.54. The highest BCUT2D eigenvalue weighted by Gasteiger charge is 2.41. The monoisotopic (exact) mass is 380 g/mol. The van der Waals surface area contributed by atoms with E-state index >= 15 is 0 Å². The summed E-state index contributed by atoms with van der Waals surface area (Å²) in [5.41, 5.74) is 1.01. The van der Waals surface area contributed by atoms with Gasteiger partial charge < -0.3 is 10.4 Å². The van der Waals surface area contributed by atoms with Crippen molar-refractivity contribution in [1.29, 1.82) is 0 Å². The lowest BCUT2D eigenvalue weighted by Gasteiger charge is -2.32. The first-order valence-electron chi connectivity index (χ1n) is 8.95. The van der Waals surface area contributed by atoms with E-state index in [1.165, 1.54) is 10.4 Å². The Hall–Kier alpha value is -1.93. The van der Waals surface area contributed by atoms with Crippen molar-refractivity contribution < 1.29 is 23.1 Å². The Bertz CT molecular complexity index is 815. The van der Waals surface area contributed by atoms with E-state index < -0.39 is 27.8 Å². The van der Waals surface area contributed by atoms with Crippen LogP contribution in [0.5, 0.6) is 0 Å². The molecule has 1 aromatic carbocycles. The van der Waals surface area contributed by atoms with Crippen LogP contribution >= 0.6 is 0 Å². The molecule has 2 fully saturated rings. The molecule has 2 unspecified atom stereocenters. The number of nitrogens with one attached hydrogen (secondary N) is 1. The third-order valence-corrected chi connectivity index (χ3v) is 7.36. The summed E-state index contributed by atoms with van der Waals surface area (Å²) in [6.45, 7) is 2.76. The average molecular weight is 380 g/mol. The van der Waals surface area contributed by atoms with Crippen LogP contribution in [0.1, 0.15) is 37.7 Å². The Morgan fingerprint density at radius 2 is 1.77 bits per heavy atom. The third-order valence-electron chi connectivity index (χ3n) is 5.32. The Balaban J connectivity index is 1.79. The zero-order valence-electron chi connectivity index (χ0n) is 14.8. The highest BCUT2D eigenvalue weighted by Crippen LogP contribution is 2.35. The van der Waals surface area contributed by atoms with Gasteiger partial charge in [-0.3, -0.25) is 9.59 Å². The number of carbonyl (C=O) groups is 2. The Labute approximate surface area is 153 Å². The fourth-order valence-corrected chi connectivity index (χ4v) is 5.31. The molecule has 0 bridgehead atoms. The van der Waals surface area contributed by atoms with E-state index in [1.54, 1.807) is 19.1 Å². The van der Waals surface area contributed by atoms with Gasteiger partial charge in [-0.1, -0.05) is 12.5 Å². The molecule has 8 heteroatoms. The lowest BCUT2D eigenvalue weighted by Crippen LogP contribution is -2.41. The standard InChI is InChI=1S/C18H24N2O5S/c1-12-5-6-13(19-17(21)14-7-8-15(14)18(22)23)11-16(12)26(24,25)20-9-3-2-4-10-20/h5-6,11,14-15H,2-4,7-10H2,1H3,(H,19,21)(H,22,23). The summed E-state index contributed by atoms with van der Waals surface area (Å²) in [6.07, 6.45) is 3.77. The van der Waals surface area contributed by atoms with Crippen LogP contribution in [-0.2, 0) is 19.6 Å². The lowest BCUT2D eigenvalue weighted by molar-refractivity contribution is -0.151. The number of sulfonamides is 1. The van der Waals surface area contributed by atoms with E-state index in [1.807, 2.05) is 0 Å². The molecule has 26 heavy (non-hydrogen) atoms. The third kappa shape index (κ3) is 3.61. The minimum absolute atomic E-state index is 0.195.